The van der Waals surface area contributed by atoms with E-state index in [4.69, 9.17) is 0 Å². The summed E-state index contributed by atoms with van der Waals surface area (Å²) in [5.41, 5.74) is -0.984. The molecule has 1 unspecified atom stereocenters. The molecule has 0 saturated carbocycles. The van der Waals surface area contributed by atoms with E-state index in [2.05, 4.69) is 0 Å². The van der Waals surface area contributed by atoms with Crippen molar-refractivity contribution in [2.45, 2.75) is 32.4 Å². The van der Waals surface area contributed by atoms with Crippen molar-refractivity contribution in [1.82, 2.24) is 4.90 Å². The zero-order chi connectivity index (χ0) is 19.1. The number of Topliss-reactive ketones (excluding diaryl/α,β-unsaturated/α-hetero) is 1. The van der Waals surface area contributed by atoms with E-state index in [0.717, 1.165) is 12.1 Å². The van der Waals surface area contributed by atoms with Crippen LogP contribution in [0.15, 0.2) is 18.2 Å². The van der Waals surface area contributed by atoms with Crippen LogP contribution in [0.1, 0.15) is 42.1 Å². The summed E-state index contributed by atoms with van der Waals surface area (Å²) in [6, 6.07) is 3.05. The number of amides is 2. The molecular weight excluding hydrogens is 349 g/mol. The summed E-state index contributed by atoms with van der Waals surface area (Å²) in [6.45, 7) is 2.41. The third kappa shape index (κ3) is 3.59. The lowest BCUT2D eigenvalue weighted by atomic mass is 9.97. The number of ketones is 1. The minimum absolute atomic E-state index is 0.0430. The van der Waals surface area contributed by atoms with Gasteiger partial charge in [0, 0.05) is 49.6 Å². The van der Waals surface area contributed by atoms with Gasteiger partial charge in [0.2, 0.25) is 5.91 Å². The molecule has 1 aromatic carbocycles. The van der Waals surface area contributed by atoms with E-state index in [0.29, 0.717) is 13.0 Å². The quantitative estimate of drug-likeness (QED) is 0.807. The Morgan fingerprint density at radius 3 is 2.42 bits per heavy atom. The van der Waals surface area contributed by atoms with Gasteiger partial charge in [-0.3, -0.25) is 14.4 Å². The summed E-state index contributed by atoms with van der Waals surface area (Å²) in [4.78, 5) is 38.9. The fourth-order valence-corrected chi connectivity index (χ4v) is 3.36. The summed E-state index contributed by atoms with van der Waals surface area (Å²) in [5.74, 6) is -1.09. The fourth-order valence-electron chi connectivity index (χ4n) is 3.36. The van der Waals surface area contributed by atoms with E-state index >= 15 is 0 Å². The summed E-state index contributed by atoms with van der Waals surface area (Å²) in [5, 5.41) is 0. The SMILES string of the molecule is CC1CN(C(=O)c2cc(N3CCCC3=O)cc(C(F)(F)F)c2)CCC1=O. The Morgan fingerprint density at radius 2 is 1.85 bits per heavy atom. The van der Waals surface area contributed by atoms with Crippen molar-refractivity contribution < 1.29 is 27.6 Å². The van der Waals surface area contributed by atoms with E-state index in [9.17, 15) is 27.6 Å². The summed E-state index contributed by atoms with van der Waals surface area (Å²) in [7, 11) is 0. The Bertz CT molecular complexity index is 761. The number of likely N-dealkylation sites (tertiary alicyclic amines) is 1. The zero-order valence-electron chi connectivity index (χ0n) is 14.3. The summed E-state index contributed by atoms with van der Waals surface area (Å²) in [6.07, 6.45) is -3.57. The van der Waals surface area contributed by atoms with Gasteiger partial charge < -0.3 is 9.80 Å². The number of rotatable bonds is 2. The maximum atomic E-state index is 13.3. The molecule has 0 spiro atoms. The highest BCUT2D eigenvalue weighted by molar-refractivity contribution is 6.00. The molecule has 0 N–H and O–H groups in total. The number of benzene rings is 1. The normalized spacial score (nSPS) is 21.5. The first-order chi connectivity index (χ1) is 12.2. The standard InChI is InChI=1S/C18H19F3N2O3/c1-11-10-22(6-4-15(11)24)17(26)12-7-13(18(19,20)21)9-14(8-12)23-5-2-3-16(23)25/h7-9,11H,2-6,10H2,1H3. The largest absolute Gasteiger partial charge is 0.416 e. The van der Waals surface area contributed by atoms with Gasteiger partial charge in [0.1, 0.15) is 5.78 Å². The highest BCUT2D eigenvalue weighted by Crippen LogP contribution is 2.34. The average Bonchev–Trinajstić information content (AvgIpc) is 3.01. The average molecular weight is 368 g/mol. The van der Waals surface area contributed by atoms with E-state index in [1.54, 1.807) is 6.92 Å². The van der Waals surface area contributed by atoms with Crippen molar-refractivity contribution >= 4 is 23.3 Å². The first-order valence-electron chi connectivity index (χ1n) is 8.51. The van der Waals surface area contributed by atoms with Gasteiger partial charge in [-0.25, -0.2) is 0 Å². The van der Waals surface area contributed by atoms with Crippen molar-refractivity contribution in [2.75, 3.05) is 24.5 Å². The maximum Gasteiger partial charge on any atom is 0.416 e. The third-order valence-electron chi connectivity index (χ3n) is 4.84. The molecule has 2 heterocycles. The van der Waals surface area contributed by atoms with Crippen molar-refractivity contribution in [3.05, 3.63) is 29.3 Å². The van der Waals surface area contributed by atoms with Crippen molar-refractivity contribution in [3.8, 4) is 0 Å². The molecule has 0 radical (unpaired) electrons. The van der Waals surface area contributed by atoms with Crippen LogP contribution in [0.2, 0.25) is 0 Å². The molecule has 2 amide bonds. The van der Waals surface area contributed by atoms with Crippen LogP contribution in [0.25, 0.3) is 0 Å². The molecule has 0 aliphatic carbocycles. The van der Waals surface area contributed by atoms with Gasteiger partial charge in [0.05, 0.1) is 5.56 Å². The summed E-state index contributed by atoms with van der Waals surface area (Å²) >= 11 is 0. The zero-order valence-corrected chi connectivity index (χ0v) is 14.3. The van der Waals surface area contributed by atoms with Gasteiger partial charge >= 0.3 is 6.18 Å². The van der Waals surface area contributed by atoms with Crippen LogP contribution in [0.5, 0.6) is 0 Å². The second kappa shape index (κ2) is 6.74. The van der Waals surface area contributed by atoms with E-state index in [-0.39, 0.29) is 54.8 Å². The molecule has 3 rings (SSSR count). The van der Waals surface area contributed by atoms with Crippen molar-refractivity contribution in [2.24, 2.45) is 5.92 Å². The second-order valence-corrected chi connectivity index (χ2v) is 6.78. The maximum absolute atomic E-state index is 13.3. The first-order valence-corrected chi connectivity index (χ1v) is 8.51. The molecule has 8 heteroatoms. The van der Waals surface area contributed by atoms with Gasteiger partial charge in [-0.05, 0) is 24.6 Å². The molecular formula is C18H19F3N2O3. The molecule has 2 saturated heterocycles. The Labute approximate surface area is 148 Å². The third-order valence-corrected chi connectivity index (χ3v) is 4.84. The Kier molecular flexibility index (Phi) is 4.77. The van der Waals surface area contributed by atoms with Gasteiger partial charge in [-0.2, -0.15) is 13.2 Å². The lowest BCUT2D eigenvalue weighted by molar-refractivity contribution is -0.137. The molecule has 140 valence electrons. The number of carbonyl (C=O) groups is 3. The number of carbonyl (C=O) groups excluding carboxylic acids is 3. The molecule has 1 aromatic rings. The fraction of sp³-hybridized carbons (Fsp3) is 0.500. The first kappa shape index (κ1) is 18.4. The lowest BCUT2D eigenvalue weighted by Gasteiger charge is -2.30. The molecule has 26 heavy (non-hydrogen) atoms. The Balaban J connectivity index is 1.96. The monoisotopic (exact) mass is 368 g/mol. The van der Waals surface area contributed by atoms with Crippen LogP contribution < -0.4 is 4.90 Å². The number of hydrogen-bond donors (Lipinski definition) is 0. The van der Waals surface area contributed by atoms with Crippen LogP contribution in [-0.4, -0.2) is 42.1 Å². The van der Waals surface area contributed by atoms with Crippen LogP contribution >= 0.6 is 0 Å². The molecule has 2 aliphatic heterocycles. The molecule has 1 atom stereocenters. The molecule has 2 fully saturated rings. The number of anilines is 1. The van der Waals surface area contributed by atoms with Crippen LogP contribution in [0.3, 0.4) is 0 Å². The Hall–Kier alpha value is -2.38. The Morgan fingerprint density at radius 1 is 1.12 bits per heavy atom. The topological polar surface area (TPSA) is 57.7 Å². The molecule has 0 bridgehead atoms. The number of hydrogen-bond acceptors (Lipinski definition) is 3. The van der Waals surface area contributed by atoms with Crippen LogP contribution in [-0.2, 0) is 15.8 Å². The van der Waals surface area contributed by atoms with E-state index in [1.165, 1.54) is 15.9 Å². The van der Waals surface area contributed by atoms with Crippen LogP contribution in [0.4, 0.5) is 18.9 Å². The van der Waals surface area contributed by atoms with Gasteiger partial charge in [-0.1, -0.05) is 6.92 Å². The highest BCUT2D eigenvalue weighted by atomic mass is 19.4. The van der Waals surface area contributed by atoms with Gasteiger partial charge in [0.15, 0.2) is 0 Å². The number of alkyl halides is 3. The number of nitrogens with zero attached hydrogens (tertiary/aromatic N) is 2. The molecule has 2 aliphatic rings. The molecule has 0 aromatic heterocycles. The van der Waals surface area contributed by atoms with Crippen molar-refractivity contribution in [1.29, 1.82) is 0 Å². The van der Waals surface area contributed by atoms with Gasteiger partial charge in [-0.15, -0.1) is 0 Å². The predicted molar refractivity (Wildman–Crippen MR) is 87.7 cm³/mol. The van der Waals surface area contributed by atoms with Gasteiger partial charge in [0.25, 0.3) is 5.91 Å². The highest BCUT2D eigenvalue weighted by Gasteiger charge is 2.35. The minimum Gasteiger partial charge on any atom is -0.337 e. The number of halogens is 3. The summed E-state index contributed by atoms with van der Waals surface area (Å²) < 4.78 is 39.8. The van der Waals surface area contributed by atoms with E-state index < -0.39 is 17.6 Å². The second-order valence-electron chi connectivity index (χ2n) is 6.78. The lowest BCUT2D eigenvalue weighted by Crippen LogP contribution is -2.43. The van der Waals surface area contributed by atoms with Crippen molar-refractivity contribution in [3.63, 3.8) is 0 Å². The van der Waals surface area contributed by atoms with E-state index in [1.807, 2.05) is 0 Å². The minimum atomic E-state index is -4.63. The molecule has 5 nitrogen and oxygen atoms in total. The predicted octanol–water partition coefficient (Wildman–Crippen LogP) is 2.88. The smallest absolute Gasteiger partial charge is 0.337 e. The van der Waals surface area contributed by atoms with Crippen LogP contribution in [0, 0.1) is 5.92 Å². The number of piperidine rings is 1.